The van der Waals surface area contributed by atoms with Crippen LogP contribution in [0.5, 0.6) is 0 Å². The molecule has 0 bridgehead atoms. The van der Waals surface area contributed by atoms with E-state index in [9.17, 15) is 0 Å². The minimum atomic E-state index is 0.338. The summed E-state index contributed by atoms with van der Waals surface area (Å²) in [6.07, 6.45) is 1.04. The lowest BCUT2D eigenvalue weighted by atomic mass is 9.97. The second-order valence-electron chi connectivity index (χ2n) is 4.40. The van der Waals surface area contributed by atoms with Crippen LogP contribution < -0.4 is 5.73 Å². The zero-order valence-electron chi connectivity index (χ0n) is 10.8. The van der Waals surface area contributed by atoms with E-state index in [0.717, 1.165) is 17.2 Å². The lowest BCUT2D eigenvalue weighted by Crippen LogP contribution is -2.13. The Labute approximate surface area is 124 Å². The molecule has 0 spiro atoms. The quantitative estimate of drug-likeness (QED) is 0.789. The molecule has 1 atom stereocenters. The van der Waals surface area contributed by atoms with E-state index in [1.165, 1.54) is 10.5 Å². The third-order valence-corrected chi connectivity index (χ3v) is 4.50. The molecular formula is C16H18ClNS. The van der Waals surface area contributed by atoms with Crippen LogP contribution in [0.25, 0.3) is 0 Å². The maximum Gasteiger partial charge on any atom is 0.0441 e. The Morgan fingerprint density at radius 3 is 2.37 bits per heavy atom. The smallest absolute Gasteiger partial charge is 0.0441 e. The number of halogens is 1. The molecule has 2 rings (SSSR count). The molecule has 0 fully saturated rings. The van der Waals surface area contributed by atoms with Crippen LogP contribution in [0.1, 0.15) is 17.9 Å². The zero-order valence-corrected chi connectivity index (χ0v) is 12.3. The zero-order chi connectivity index (χ0) is 13.5. The van der Waals surface area contributed by atoms with Gasteiger partial charge in [0, 0.05) is 9.92 Å². The molecule has 0 saturated carbocycles. The Kier molecular flexibility index (Phi) is 5.77. The van der Waals surface area contributed by atoms with Gasteiger partial charge in [-0.25, -0.2) is 0 Å². The molecule has 0 heterocycles. The fraction of sp³-hybridized carbons (Fsp3) is 0.250. The number of nitrogens with two attached hydrogens (primary N) is 1. The highest BCUT2D eigenvalue weighted by molar-refractivity contribution is 7.99. The fourth-order valence-electron chi connectivity index (χ4n) is 2.04. The second-order valence-corrected chi connectivity index (χ2v) is 5.98. The molecular weight excluding hydrogens is 274 g/mol. The first-order valence-electron chi connectivity index (χ1n) is 6.43. The average molecular weight is 292 g/mol. The van der Waals surface area contributed by atoms with Gasteiger partial charge in [0.25, 0.3) is 0 Å². The van der Waals surface area contributed by atoms with Crippen molar-refractivity contribution in [2.45, 2.75) is 17.2 Å². The number of rotatable bonds is 6. The third-order valence-electron chi connectivity index (χ3n) is 3.11. The van der Waals surface area contributed by atoms with Crippen molar-refractivity contribution in [3.63, 3.8) is 0 Å². The summed E-state index contributed by atoms with van der Waals surface area (Å²) in [5.41, 5.74) is 7.05. The van der Waals surface area contributed by atoms with Gasteiger partial charge in [-0.05, 0) is 48.4 Å². The Morgan fingerprint density at radius 2 is 1.68 bits per heavy atom. The Bertz CT molecular complexity index is 501. The van der Waals surface area contributed by atoms with E-state index < -0.39 is 0 Å². The van der Waals surface area contributed by atoms with E-state index in [-0.39, 0.29) is 0 Å². The predicted molar refractivity (Wildman–Crippen MR) is 85.0 cm³/mol. The van der Waals surface area contributed by atoms with E-state index in [1.54, 1.807) is 0 Å². The van der Waals surface area contributed by atoms with Gasteiger partial charge in [0.2, 0.25) is 0 Å². The van der Waals surface area contributed by atoms with Crippen molar-refractivity contribution >= 4 is 23.4 Å². The van der Waals surface area contributed by atoms with Crippen LogP contribution in [0.15, 0.2) is 59.5 Å². The van der Waals surface area contributed by atoms with Crippen LogP contribution in [-0.4, -0.2) is 12.3 Å². The molecule has 2 aromatic rings. The van der Waals surface area contributed by atoms with Crippen LogP contribution >= 0.6 is 23.4 Å². The summed E-state index contributed by atoms with van der Waals surface area (Å²) in [6, 6.07) is 18.4. The Balaban J connectivity index is 1.92. The lowest BCUT2D eigenvalue weighted by Gasteiger charge is -2.16. The molecule has 0 aromatic heterocycles. The maximum absolute atomic E-state index is 6.23. The van der Waals surface area contributed by atoms with Gasteiger partial charge in [-0.3, -0.25) is 0 Å². The van der Waals surface area contributed by atoms with Gasteiger partial charge in [-0.1, -0.05) is 48.0 Å². The first-order chi connectivity index (χ1) is 9.31. The summed E-state index contributed by atoms with van der Waals surface area (Å²) in [6.45, 7) is 0.638. The van der Waals surface area contributed by atoms with E-state index >= 15 is 0 Å². The normalized spacial score (nSPS) is 12.3. The van der Waals surface area contributed by atoms with Crippen LogP contribution in [-0.2, 0) is 0 Å². The average Bonchev–Trinajstić information content (AvgIpc) is 2.46. The Morgan fingerprint density at radius 1 is 1.00 bits per heavy atom. The summed E-state index contributed by atoms with van der Waals surface area (Å²) in [5.74, 6) is 1.39. The SMILES string of the molecule is NCC(CCSc1ccccc1)c1ccccc1Cl. The van der Waals surface area contributed by atoms with Gasteiger partial charge in [-0.2, -0.15) is 0 Å². The monoisotopic (exact) mass is 291 g/mol. The summed E-state index contributed by atoms with van der Waals surface area (Å²) >= 11 is 8.10. The van der Waals surface area contributed by atoms with Gasteiger partial charge in [0.1, 0.15) is 0 Å². The van der Waals surface area contributed by atoms with E-state index in [2.05, 4.69) is 30.3 Å². The third kappa shape index (κ3) is 4.27. The molecule has 0 saturated heterocycles. The minimum absolute atomic E-state index is 0.338. The molecule has 3 heteroatoms. The van der Waals surface area contributed by atoms with Gasteiger partial charge in [0.05, 0.1) is 0 Å². The van der Waals surface area contributed by atoms with Gasteiger partial charge >= 0.3 is 0 Å². The molecule has 0 aliphatic carbocycles. The number of hydrogen-bond donors (Lipinski definition) is 1. The first kappa shape index (κ1) is 14.4. The topological polar surface area (TPSA) is 26.0 Å². The molecule has 0 amide bonds. The molecule has 0 radical (unpaired) electrons. The van der Waals surface area contributed by atoms with Crippen molar-refractivity contribution in [2.75, 3.05) is 12.3 Å². The Hall–Kier alpha value is -0.960. The van der Waals surface area contributed by atoms with E-state index in [0.29, 0.717) is 12.5 Å². The molecule has 2 N–H and O–H groups in total. The van der Waals surface area contributed by atoms with E-state index in [4.69, 9.17) is 17.3 Å². The highest BCUT2D eigenvalue weighted by Crippen LogP contribution is 2.28. The van der Waals surface area contributed by atoms with Crippen LogP contribution in [0, 0.1) is 0 Å². The van der Waals surface area contributed by atoms with Crippen molar-refractivity contribution in [1.29, 1.82) is 0 Å². The van der Waals surface area contributed by atoms with Crippen molar-refractivity contribution in [3.05, 3.63) is 65.2 Å². The first-order valence-corrected chi connectivity index (χ1v) is 7.80. The van der Waals surface area contributed by atoms with Crippen LogP contribution in [0.3, 0.4) is 0 Å². The summed E-state index contributed by atoms with van der Waals surface area (Å²) in [4.78, 5) is 1.30. The highest BCUT2D eigenvalue weighted by Gasteiger charge is 2.12. The summed E-state index contributed by atoms with van der Waals surface area (Å²) < 4.78 is 0. The van der Waals surface area contributed by atoms with Crippen molar-refractivity contribution in [2.24, 2.45) is 5.73 Å². The van der Waals surface area contributed by atoms with Gasteiger partial charge in [-0.15, -0.1) is 11.8 Å². The summed E-state index contributed by atoms with van der Waals surface area (Å²) in [5, 5.41) is 0.822. The molecule has 0 aliphatic rings. The van der Waals surface area contributed by atoms with E-state index in [1.807, 2.05) is 36.0 Å². The van der Waals surface area contributed by atoms with Gasteiger partial charge in [0.15, 0.2) is 0 Å². The molecule has 19 heavy (non-hydrogen) atoms. The second kappa shape index (κ2) is 7.59. The largest absolute Gasteiger partial charge is 0.330 e. The van der Waals surface area contributed by atoms with Crippen molar-refractivity contribution in [1.82, 2.24) is 0 Å². The number of hydrogen-bond acceptors (Lipinski definition) is 2. The fourth-order valence-corrected chi connectivity index (χ4v) is 3.32. The van der Waals surface area contributed by atoms with Crippen LogP contribution in [0.2, 0.25) is 5.02 Å². The molecule has 2 aromatic carbocycles. The van der Waals surface area contributed by atoms with Crippen molar-refractivity contribution < 1.29 is 0 Å². The van der Waals surface area contributed by atoms with Crippen molar-refractivity contribution in [3.8, 4) is 0 Å². The summed E-state index contributed by atoms with van der Waals surface area (Å²) in [7, 11) is 0. The lowest BCUT2D eigenvalue weighted by molar-refractivity contribution is 0.680. The number of thioether (sulfide) groups is 1. The number of benzene rings is 2. The standard InChI is InChI=1S/C16H18ClNS/c17-16-9-5-4-8-15(16)13(12-18)10-11-19-14-6-2-1-3-7-14/h1-9,13H,10-12,18H2. The molecule has 1 nitrogen and oxygen atoms in total. The highest BCUT2D eigenvalue weighted by atomic mass is 35.5. The molecule has 100 valence electrons. The predicted octanol–water partition coefficient (Wildman–Crippen LogP) is 4.56. The van der Waals surface area contributed by atoms with Crippen LogP contribution in [0.4, 0.5) is 0 Å². The molecule has 1 unspecified atom stereocenters. The maximum atomic E-state index is 6.23. The van der Waals surface area contributed by atoms with Gasteiger partial charge < -0.3 is 5.73 Å². The molecule has 0 aliphatic heterocycles. The minimum Gasteiger partial charge on any atom is -0.330 e.